The minimum Gasteiger partial charge on any atom is -0.381 e. The highest BCUT2D eigenvalue weighted by atomic mass is 32.2. The van der Waals surface area contributed by atoms with Crippen molar-refractivity contribution < 1.29 is 4.74 Å². The van der Waals surface area contributed by atoms with Crippen LogP contribution in [0.25, 0.3) is 0 Å². The zero-order valence-electron chi connectivity index (χ0n) is 13.6. The van der Waals surface area contributed by atoms with E-state index in [1.807, 2.05) is 17.8 Å². The lowest BCUT2D eigenvalue weighted by atomic mass is 10.1. The van der Waals surface area contributed by atoms with E-state index < -0.39 is 0 Å². The van der Waals surface area contributed by atoms with Crippen molar-refractivity contribution >= 4 is 17.7 Å². The van der Waals surface area contributed by atoms with Gasteiger partial charge in [-0.15, -0.1) is 11.8 Å². The lowest BCUT2D eigenvalue weighted by molar-refractivity contribution is 0.181. The highest BCUT2D eigenvalue weighted by Gasteiger charge is 2.18. The maximum absolute atomic E-state index is 5.45. The Labute approximate surface area is 138 Å². The number of aliphatic imine (C=N–C) groups is 1. The molecule has 0 spiro atoms. The standard InChI is InChI=1S/C17H27N3OS/c1-3-18-17(20(2)13-15-9-11-21-14-15)19-10-12-22-16-7-5-4-6-8-16/h4-8,15H,3,9-14H2,1-2H3,(H,18,19). The van der Waals surface area contributed by atoms with Gasteiger partial charge in [-0.3, -0.25) is 4.99 Å². The number of nitrogens with zero attached hydrogens (tertiary/aromatic N) is 2. The van der Waals surface area contributed by atoms with Crippen LogP contribution in [0.4, 0.5) is 0 Å². The molecule has 1 saturated heterocycles. The molecule has 1 atom stereocenters. The first-order chi connectivity index (χ1) is 10.8. The van der Waals surface area contributed by atoms with E-state index in [4.69, 9.17) is 9.73 Å². The molecule has 0 aliphatic carbocycles. The molecule has 1 fully saturated rings. The summed E-state index contributed by atoms with van der Waals surface area (Å²) in [5.41, 5.74) is 0. The molecule has 0 aromatic heterocycles. The molecule has 1 heterocycles. The predicted molar refractivity (Wildman–Crippen MR) is 94.7 cm³/mol. The molecule has 1 N–H and O–H groups in total. The van der Waals surface area contributed by atoms with Gasteiger partial charge < -0.3 is 15.0 Å². The first-order valence-electron chi connectivity index (χ1n) is 8.04. The van der Waals surface area contributed by atoms with Gasteiger partial charge in [0.2, 0.25) is 0 Å². The van der Waals surface area contributed by atoms with E-state index in [0.717, 1.165) is 51.0 Å². The van der Waals surface area contributed by atoms with E-state index in [0.29, 0.717) is 5.92 Å². The summed E-state index contributed by atoms with van der Waals surface area (Å²) in [5, 5.41) is 3.38. The van der Waals surface area contributed by atoms with E-state index in [-0.39, 0.29) is 0 Å². The van der Waals surface area contributed by atoms with Crippen LogP contribution >= 0.6 is 11.8 Å². The van der Waals surface area contributed by atoms with Crippen LogP contribution in [0.5, 0.6) is 0 Å². The molecular weight excluding hydrogens is 294 g/mol. The van der Waals surface area contributed by atoms with Gasteiger partial charge in [0.1, 0.15) is 0 Å². The van der Waals surface area contributed by atoms with Gasteiger partial charge in [-0.2, -0.15) is 0 Å². The second-order valence-electron chi connectivity index (χ2n) is 5.51. The van der Waals surface area contributed by atoms with Crippen LogP contribution in [-0.2, 0) is 4.74 Å². The second kappa shape index (κ2) is 9.74. The molecule has 1 aromatic rings. The number of rotatable bonds is 7. The maximum atomic E-state index is 5.45. The number of nitrogens with one attached hydrogen (secondary N) is 1. The Morgan fingerprint density at radius 2 is 2.23 bits per heavy atom. The fraction of sp³-hybridized carbons (Fsp3) is 0.588. The predicted octanol–water partition coefficient (Wildman–Crippen LogP) is 2.71. The van der Waals surface area contributed by atoms with E-state index in [1.54, 1.807) is 0 Å². The van der Waals surface area contributed by atoms with Crippen LogP contribution in [-0.4, -0.2) is 56.5 Å². The quantitative estimate of drug-likeness (QED) is 0.363. The van der Waals surface area contributed by atoms with Gasteiger partial charge in [-0.05, 0) is 25.5 Å². The topological polar surface area (TPSA) is 36.9 Å². The third-order valence-electron chi connectivity index (χ3n) is 3.62. The molecule has 0 radical (unpaired) electrons. The Morgan fingerprint density at radius 1 is 1.41 bits per heavy atom. The summed E-state index contributed by atoms with van der Waals surface area (Å²) in [7, 11) is 2.12. The average molecular weight is 321 g/mol. The summed E-state index contributed by atoms with van der Waals surface area (Å²) in [4.78, 5) is 8.28. The van der Waals surface area contributed by atoms with Gasteiger partial charge in [-0.1, -0.05) is 18.2 Å². The van der Waals surface area contributed by atoms with E-state index in [9.17, 15) is 0 Å². The van der Waals surface area contributed by atoms with Crippen molar-refractivity contribution in [3.05, 3.63) is 30.3 Å². The number of hydrogen-bond acceptors (Lipinski definition) is 3. The molecule has 4 nitrogen and oxygen atoms in total. The number of hydrogen-bond donors (Lipinski definition) is 1. The van der Waals surface area contributed by atoms with Gasteiger partial charge >= 0.3 is 0 Å². The highest BCUT2D eigenvalue weighted by Crippen LogP contribution is 2.16. The molecule has 0 bridgehead atoms. The lowest BCUT2D eigenvalue weighted by Gasteiger charge is -2.24. The molecule has 1 aliphatic heterocycles. The monoisotopic (exact) mass is 321 g/mol. The van der Waals surface area contributed by atoms with Crippen molar-refractivity contribution in [2.24, 2.45) is 10.9 Å². The molecule has 0 amide bonds. The Bertz CT molecular complexity index is 446. The Kier molecular flexibility index (Phi) is 7.60. The minimum absolute atomic E-state index is 0.632. The molecule has 1 aliphatic rings. The average Bonchev–Trinajstić information content (AvgIpc) is 3.04. The summed E-state index contributed by atoms with van der Waals surface area (Å²) < 4.78 is 5.45. The van der Waals surface area contributed by atoms with Crippen LogP contribution in [0.1, 0.15) is 13.3 Å². The van der Waals surface area contributed by atoms with Crippen LogP contribution in [0.2, 0.25) is 0 Å². The molecule has 22 heavy (non-hydrogen) atoms. The number of ether oxygens (including phenoxy) is 1. The Balaban J connectivity index is 1.78. The van der Waals surface area contributed by atoms with Gasteiger partial charge in [0.15, 0.2) is 5.96 Å². The van der Waals surface area contributed by atoms with Crippen molar-refractivity contribution in [3.8, 4) is 0 Å². The van der Waals surface area contributed by atoms with E-state index >= 15 is 0 Å². The molecule has 1 aromatic carbocycles. The first kappa shape index (κ1) is 17.2. The summed E-state index contributed by atoms with van der Waals surface area (Å²) in [5.74, 6) is 2.63. The normalized spacial score (nSPS) is 18.5. The van der Waals surface area contributed by atoms with Crippen LogP contribution in [0.3, 0.4) is 0 Å². The lowest BCUT2D eigenvalue weighted by Crippen LogP contribution is -2.41. The van der Waals surface area contributed by atoms with Crippen LogP contribution in [0.15, 0.2) is 40.2 Å². The van der Waals surface area contributed by atoms with Crippen LogP contribution in [0, 0.1) is 5.92 Å². The first-order valence-corrected chi connectivity index (χ1v) is 9.03. The summed E-state index contributed by atoms with van der Waals surface area (Å²) in [6, 6.07) is 10.5. The minimum atomic E-state index is 0.632. The van der Waals surface area contributed by atoms with Crippen molar-refractivity contribution in [1.29, 1.82) is 0 Å². The molecule has 5 heteroatoms. The molecule has 0 saturated carbocycles. The third-order valence-corrected chi connectivity index (χ3v) is 4.61. The summed E-state index contributed by atoms with van der Waals surface area (Å²) in [6.07, 6.45) is 1.16. The summed E-state index contributed by atoms with van der Waals surface area (Å²) >= 11 is 1.85. The fourth-order valence-electron chi connectivity index (χ4n) is 2.50. The van der Waals surface area contributed by atoms with Crippen molar-refractivity contribution in [1.82, 2.24) is 10.2 Å². The zero-order chi connectivity index (χ0) is 15.6. The SMILES string of the molecule is CCNC(=NCCSc1ccccc1)N(C)CC1CCOC1. The molecular formula is C17H27N3OS. The highest BCUT2D eigenvalue weighted by molar-refractivity contribution is 7.99. The van der Waals surface area contributed by atoms with E-state index in [1.165, 1.54) is 4.90 Å². The van der Waals surface area contributed by atoms with Crippen molar-refractivity contribution in [2.45, 2.75) is 18.2 Å². The number of benzene rings is 1. The van der Waals surface area contributed by atoms with Crippen molar-refractivity contribution in [3.63, 3.8) is 0 Å². The second-order valence-corrected chi connectivity index (χ2v) is 6.68. The summed E-state index contributed by atoms with van der Waals surface area (Å²) in [6.45, 7) is 6.63. The molecule has 122 valence electrons. The Morgan fingerprint density at radius 3 is 2.91 bits per heavy atom. The maximum Gasteiger partial charge on any atom is 0.193 e. The van der Waals surface area contributed by atoms with Crippen molar-refractivity contribution in [2.75, 3.05) is 45.6 Å². The molecule has 2 rings (SSSR count). The Hall–Kier alpha value is -1.20. The fourth-order valence-corrected chi connectivity index (χ4v) is 3.27. The number of guanidine groups is 1. The molecule has 1 unspecified atom stereocenters. The van der Waals surface area contributed by atoms with Gasteiger partial charge in [0.05, 0.1) is 13.2 Å². The van der Waals surface area contributed by atoms with E-state index in [2.05, 4.69) is 48.5 Å². The van der Waals surface area contributed by atoms with Gasteiger partial charge in [-0.25, -0.2) is 0 Å². The smallest absolute Gasteiger partial charge is 0.193 e. The van der Waals surface area contributed by atoms with Gasteiger partial charge in [0, 0.05) is 43.3 Å². The number of thioether (sulfide) groups is 1. The zero-order valence-corrected chi connectivity index (χ0v) is 14.4. The largest absolute Gasteiger partial charge is 0.381 e. The van der Waals surface area contributed by atoms with Crippen LogP contribution < -0.4 is 5.32 Å². The third kappa shape index (κ3) is 5.89. The van der Waals surface area contributed by atoms with Gasteiger partial charge in [0.25, 0.3) is 0 Å².